The largest absolute Gasteiger partial charge is 0.484 e. The van der Waals surface area contributed by atoms with Gasteiger partial charge < -0.3 is 19.5 Å². The molecule has 0 radical (unpaired) electrons. The molecule has 1 amide bonds. The second kappa shape index (κ2) is 6.24. The van der Waals surface area contributed by atoms with E-state index in [0.717, 1.165) is 0 Å². The lowest BCUT2D eigenvalue weighted by Gasteiger charge is -2.42. The van der Waals surface area contributed by atoms with E-state index < -0.39 is 5.60 Å². The van der Waals surface area contributed by atoms with Gasteiger partial charge in [-0.05, 0) is 26.0 Å². The molecule has 1 aliphatic rings. The molecule has 0 spiro atoms. The van der Waals surface area contributed by atoms with Crippen LogP contribution in [0.4, 0.5) is 0 Å². The number of amides is 1. The molecule has 0 aliphatic carbocycles. The SMILES string of the molecule is CC1(C)CN(C(=O)COc2ccccc2)CC(CO)O1. The zero-order valence-electron chi connectivity index (χ0n) is 11.9. The fourth-order valence-corrected chi connectivity index (χ4v) is 2.33. The molecule has 0 bridgehead atoms. The third kappa shape index (κ3) is 3.95. The molecule has 1 saturated heterocycles. The van der Waals surface area contributed by atoms with Crippen molar-refractivity contribution in [2.24, 2.45) is 0 Å². The van der Waals surface area contributed by atoms with Crippen molar-refractivity contribution in [2.75, 3.05) is 26.3 Å². The fourth-order valence-electron chi connectivity index (χ4n) is 2.33. The van der Waals surface area contributed by atoms with Crippen molar-refractivity contribution in [3.8, 4) is 5.75 Å². The number of benzene rings is 1. The van der Waals surface area contributed by atoms with Crippen LogP contribution in [-0.2, 0) is 9.53 Å². The quantitative estimate of drug-likeness (QED) is 0.895. The molecule has 2 rings (SSSR count). The van der Waals surface area contributed by atoms with Gasteiger partial charge in [-0.15, -0.1) is 0 Å². The van der Waals surface area contributed by atoms with E-state index >= 15 is 0 Å². The third-order valence-electron chi connectivity index (χ3n) is 3.14. The molecule has 0 saturated carbocycles. The molecular weight excluding hydrogens is 258 g/mol. The van der Waals surface area contributed by atoms with Gasteiger partial charge in [0.2, 0.25) is 0 Å². The Morgan fingerprint density at radius 3 is 2.80 bits per heavy atom. The molecule has 1 N–H and O–H groups in total. The summed E-state index contributed by atoms with van der Waals surface area (Å²) in [5.41, 5.74) is -0.450. The standard InChI is InChI=1S/C15H21NO4/c1-15(2)11-16(8-13(9-17)20-15)14(18)10-19-12-6-4-3-5-7-12/h3-7,13,17H,8-11H2,1-2H3. The molecule has 1 aromatic rings. The molecule has 1 atom stereocenters. The number of aliphatic hydroxyl groups is 1. The van der Waals surface area contributed by atoms with Crippen molar-refractivity contribution in [2.45, 2.75) is 25.6 Å². The molecule has 110 valence electrons. The normalized spacial score (nSPS) is 21.6. The Kier molecular flexibility index (Phi) is 4.62. The number of morpholine rings is 1. The minimum absolute atomic E-state index is 0.00174. The number of ether oxygens (including phenoxy) is 2. The van der Waals surface area contributed by atoms with Crippen LogP contribution in [0.2, 0.25) is 0 Å². The third-order valence-corrected chi connectivity index (χ3v) is 3.14. The summed E-state index contributed by atoms with van der Waals surface area (Å²) in [6.07, 6.45) is -0.334. The van der Waals surface area contributed by atoms with Crippen LogP contribution < -0.4 is 4.74 Å². The summed E-state index contributed by atoms with van der Waals surface area (Å²) in [6, 6.07) is 9.24. The van der Waals surface area contributed by atoms with Gasteiger partial charge in [0.05, 0.1) is 18.3 Å². The molecule has 1 aliphatic heterocycles. The lowest BCUT2D eigenvalue weighted by Crippen LogP contribution is -2.56. The second-order valence-electron chi connectivity index (χ2n) is 5.56. The Balaban J connectivity index is 1.91. The maximum atomic E-state index is 12.2. The minimum atomic E-state index is -0.450. The summed E-state index contributed by atoms with van der Waals surface area (Å²) in [6.45, 7) is 4.63. The highest BCUT2D eigenvalue weighted by Gasteiger charge is 2.35. The van der Waals surface area contributed by atoms with E-state index in [1.807, 2.05) is 44.2 Å². The topological polar surface area (TPSA) is 59.0 Å². The van der Waals surface area contributed by atoms with Gasteiger partial charge in [-0.25, -0.2) is 0 Å². The Labute approximate surface area is 119 Å². The van der Waals surface area contributed by atoms with Gasteiger partial charge in [0.25, 0.3) is 5.91 Å². The lowest BCUT2D eigenvalue weighted by molar-refractivity contribution is -0.168. The zero-order chi connectivity index (χ0) is 14.6. The average molecular weight is 279 g/mol. The first-order valence-electron chi connectivity index (χ1n) is 6.74. The summed E-state index contributed by atoms with van der Waals surface area (Å²) in [5.74, 6) is 0.579. The first-order valence-corrected chi connectivity index (χ1v) is 6.74. The number of nitrogens with zero attached hydrogens (tertiary/aromatic N) is 1. The highest BCUT2D eigenvalue weighted by molar-refractivity contribution is 5.78. The highest BCUT2D eigenvalue weighted by atomic mass is 16.5. The fraction of sp³-hybridized carbons (Fsp3) is 0.533. The van der Waals surface area contributed by atoms with Gasteiger partial charge >= 0.3 is 0 Å². The number of hydrogen-bond donors (Lipinski definition) is 1. The number of hydrogen-bond acceptors (Lipinski definition) is 4. The smallest absolute Gasteiger partial charge is 0.260 e. The Morgan fingerprint density at radius 2 is 2.15 bits per heavy atom. The predicted molar refractivity (Wildman–Crippen MR) is 74.6 cm³/mol. The van der Waals surface area contributed by atoms with Crippen molar-refractivity contribution in [1.82, 2.24) is 4.90 Å². The van der Waals surface area contributed by atoms with Crippen LogP contribution in [0.3, 0.4) is 0 Å². The van der Waals surface area contributed by atoms with E-state index in [2.05, 4.69) is 0 Å². The van der Waals surface area contributed by atoms with Crippen molar-refractivity contribution in [3.05, 3.63) is 30.3 Å². The van der Waals surface area contributed by atoms with E-state index in [4.69, 9.17) is 9.47 Å². The van der Waals surface area contributed by atoms with Crippen molar-refractivity contribution >= 4 is 5.91 Å². The van der Waals surface area contributed by atoms with E-state index in [-0.39, 0.29) is 25.2 Å². The maximum absolute atomic E-state index is 12.2. The molecule has 1 heterocycles. The molecule has 1 unspecified atom stereocenters. The van der Waals surface area contributed by atoms with Gasteiger partial charge in [0, 0.05) is 13.1 Å². The van der Waals surface area contributed by atoms with Crippen LogP contribution in [0, 0.1) is 0 Å². The van der Waals surface area contributed by atoms with Gasteiger partial charge in [-0.2, -0.15) is 0 Å². The molecular formula is C15H21NO4. The Morgan fingerprint density at radius 1 is 1.45 bits per heavy atom. The molecule has 0 aromatic heterocycles. The monoisotopic (exact) mass is 279 g/mol. The van der Waals surface area contributed by atoms with Crippen LogP contribution in [-0.4, -0.2) is 53.9 Å². The number of para-hydroxylation sites is 1. The van der Waals surface area contributed by atoms with Crippen LogP contribution in [0.25, 0.3) is 0 Å². The van der Waals surface area contributed by atoms with Crippen molar-refractivity contribution in [3.63, 3.8) is 0 Å². The molecule has 1 aromatic carbocycles. The average Bonchev–Trinajstić information content (AvgIpc) is 2.44. The summed E-state index contributed by atoms with van der Waals surface area (Å²) >= 11 is 0. The van der Waals surface area contributed by atoms with Crippen LogP contribution in [0.5, 0.6) is 5.75 Å². The molecule has 1 fully saturated rings. The van der Waals surface area contributed by atoms with Crippen LogP contribution in [0.1, 0.15) is 13.8 Å². The summed E-state index contributed by atoms with van der Waals surface area (Å²) in [5, 5.41) is 9.24. The van der Waals surface area contributed by atoms with E-state index in [1.165, 1.54) is 0 Å². The van der Waals surface area contributed by atoms with Gasteiger partial charge in [-0.3, -0.25) is 4.79 Å². The van der Waals surface area contributed by atoms with Crippen molar-refractivity contribution in [1.29, 1.82) is 0 Å². The van der Waals surface area contributed by atoms with Gasteiger partial charge in [-0.1, -0.05) is 18.2 Å². The first kappa shape index (κ1) is 14.8. The zero-order valence-corrected chi connectivity index (χ0v) is 11.9. The van der Waals surface area contributed by atoms with Crippen LogP contribution >= 0.6 is 0 Å². The van der Waals surface area contributed by atoms with Crippen LogP contribution in [0.15, 0.2) is 30.3 Å². The van der Waals surface area contributed by atoms with Crippen molar-refractivity contribution < 1.29 is 19.4 Å². The Hall–Kier alpha value is -1.59. The maximum Gasteiger partial charge on any atom is 0.260 e. The highest BCUT2D eigenvalue weighted by Crippen LogP contribution is 2.21. The number of carbonyl (C=O) groups excluding carboxylic acids is 1. The van der Waals surface area contributed by atoms with E-state index in [9.17, 15) is 9.90 Å². The summed E-state index contributed by atoms with van der Waals surface area (Å²) in [4.78, 5) is 13.9. The number of carbonyl (C=O) groups is 1. The molecule has 5 heteroatoms. The van der Waals surface area contributed by atoms with Gasteiger partial charge in [0.15, 0.2) is 6.61 Å². The summed E-state index contributed by atoms with van der Waals surface area (Å²) < 4.78 is 11.1. The summed E-state index contributed by atoms with van der Waals surface area (Å²) in [7, 11) is 0. The predicted octanol–water partition coefficient (Wildman–Crippen LogP) is 1.06. The lowest BCUT2D eigenvalue weighted by atomic mass is 10.1. The van der Waals surface area contributed by atoms with E-state index in [0.29, 0.717) is 18.8 Å². The molecule has 5 nitrogen and oxygen atoms in total. The van der Waals surface area contributed by atoms with E-state index in [1.54, 1.807) is 4.90 Å². The van der Waals surface area contributed by atoms with Gasteiger partial charge in [0.1, 0.15) is 5.75 Å². The second-order valence-corrected chi connectivity index (χ2v) is 5.56. The minimum Gasteiger partial charge on any atom is -0.484 e. The molecule has 20 heavy (non-hydrogen) atoms. The number of aliphatic hydroxyl groups excluding tert-OH is 1. The number of rotatable bonds is 4. The first-order chi connectivity index (χ1) is 9.50. The Bertz CT molecular complexity index is 446.